The summed E-state index contributed by atoms with van der Waals surface area (Å²) in [6, 6.07) is 5.42. The molecular weight excluding hydrogens is 379 g/mol. The van der Waals surface area contributed by atoms with Gasteiger partial charge in [0.05, 0.1) is 17.1 Å². The molecule has 0 aromatic heterocycles. The predicted octanol–water partition coefficient (Wildman–Crippen LogP) is 1.84. The predicted molar refractivity (Wildman–Crippen MR) is 99.0 cm³/mol. The summed E-state index contributed by atoms with van der Waals surface area (Å²) in [4.78, 5) is 37.6. The first-order valence-electron chi connectivity index (χ1n) is 8.00. The van der Waals surface area contributed by atoms with Crippen LogP contribution in [0.5, 0.6) is 0 Å². The Balaban J connectivity index is 1.58. The maximum absolute atomic E-state index is 13.2. The number of carbonyl (C=O) groups excluding carboxylic acids is 3. The Hall–Kier alpha value is -1.84. The second-order valence-electron chi connectivity index (χ2n) is 5.92. The van der Waals surface area contributed by atoms with Crippen LogP contribution in [0.3, 0.4) is 0 Å². The number of amides is 3. The lowest BCUT2D eigenvalue weighted by Crippen LogP contribution is -2.43. The van der Waals surface area contributed by atoms with E-state index in [0.29, 0.717) is 17.1 Å². The van der Waals surface area contributed by atoms with E-state index in [1.54, 1.807) is 17.8 Å². The van der Waals surface area contributed by atoms with Gasteiger partial charge in [-0.05, 0) is 35.5 Å². The third-order valence-corrected chi connectivity index (χ3v) is 6.06. The van der Waals surface area contributed by atoms with E-state index < -0.39 is 23.1 Å². The van der Waals surface area contributed by atoms with Gasteiger partial charge in [0.2, 0.25) is 5.91 Å². The lowest BCUT2D eigenvalue weighted by Gasteiger charge is -2.17. The Bertz CT molecular complexity index is 771. The monoisotopic (exact) mass is 396 g/mol. The summed E-state index contributed by atoms with van der Waals surface area (Å²) in [5, 5.41) is 12.0. The molecule has 0 aliphatic carbocycles. The fourth-order valence-electron chi connectivity index (χ4n) is 2.61. The van der Waals surface area contributed by atoms with Gasteiger partial charge in [-0.15, -0.1) is 0 Å². The number of rotatable bonds is 5. The van der Waals surface area contributed by atoms with E-state index in [1.807, 2.05) is 0 Å². The molecule has 3 amide bonds. The minimum Gasteiger partial charge on any atom is -0.390 e. The van der Waals surface area contributed by atoms with Crippen molar-refractivity contribution in [3.8, 4) is 0 Å². The molecule has 0 radical (unpaired) electrons. The van der Waals surface area contributed by atoms with Gasteiger partial charge in [0.25, 0.3) is 11.1 Å². The van der Waals surface area contributed by atoms with Crippen LogP contribution in [0.25, 0.3) is 6.08 Å². The first kappa shape index (κ1) is 18.9. The lowest BCUT2D eigenvalue weighted by atomic mass is 10.2. The van der Waals surface area contributed by atoms with E-state index in [2.05, 4.69) is 5.32 Å². The number of thioether (sulfide) groups is 2. The van der Waals surface area contributed by atoms with Crippen molar-refractivity contribution in [1.82, 2.24) is 10.2 Å². The molecule has 2 fully saturated rings. The summed E-state index contributed by atoms with van der Waals surface area (Å²) in [6.45, 7) is -0.0348. The highest BCUT2D eigenvalue weighted by Crippen LogP contribution is 2.32. The molecule has 3 rings (SSSR count). The zero-order chi connectivity index (χ0) is 18.7. The Morgan fingerprint density at radius 2 is 2.19 bits per heavy atom. The second-order valence-corrected chi connectivity index (χ2v) is 7.99. The van der Waals surface area contributed by atoms with E-state index in [4.69, 9.17) is 0 Å². The van der Waals surface area contributed by atoms with Crippen molar-refractivity contribution in [2.24, 2.45) is 0 Å². The highest BCUT2D eigenvalue weighted by atomic mass is 32.2. The minimum atomic E-state index is -0.574. The average Bonchev–Trinajstić information content (AvgIpc) is 3.10. The SMILES string of the molecule is O=C(CCN1C(=O)S/C(=C/c2cccc(F)c2)C1=O)N[C@@H]1CSC[C@@H]1O. The molecule has 2 atom stereocenters. The van der Waals surface area contributed by atoms with Crippen LogP contribution in [0.4, 0.5) is 9.18 Å². The molecule has 2 N–H and O–H groups in total. The normalized spacial score (nSPS) is 24.5. The number of nitrogens with one attached hydrogen (secondary N) is 1. The molecule has 1 aromatic rings. The highest BCUT2D eigenvalue weighted by Gasteiger charge is 2.35. The quantitative estimate of drug-likeness (QED) is 0.739. The molecule has 138 valence electrons. The molecule has 6 nitrogen and oxygen atoms in total. The molecule has 0 unspecified atom stereocenters. The van der Waals surface area contributed by atoms with E-state index in [9.17, 15) is 23.9 Å². The van der Waals surface area contributed by atoms with Crippen molar-refractivity contribution in [3.63, 3.8) is 0 Å². The molecule has 2 heterocycles. The largest absolute Gasteiger partial charge is 0.390 e. The smallest absolute Gasteiger partial charge is 0.293 e. The first-order valence-corrected chi connectivity index (χ1v) is 9.97. The third-order valence-electron chi connectivity index (χ3n) is 3.98. The third kappa shape index (κ3) is 4.46. The number of imide groups is 1. The van der Waals surface area contributed by atoms with Crippen LogP contribution in [0.2, 0.25) is 0 Å². The van der Waals surface area contributed by atoms with Gasteiger partial charge in [-0.25, -0.2) is 4.39 Å². The summed E-state index contributed by atoms with van der Waals surface area (Å²) < 4.78 is 13.2. The number of aliphatic hydroxyl groups is 1. The van der Waals surface area contributed by atoms with Gasteiger partial charge in [0, 0.05) is 24.5 Å². The van der Waals surface area contributed by atoms with E-state index >= 15 is 0 Å². The van der Waals surface area contributed by atoms with E-state index in [0.717, 1.165) is 16.7 Å². The number of aliphatic hydroxyl groups excluding tert-OH is 1. The summed E-state index contributed by atoms with van der Waals surface area (Å²) in [6.07, 6.45) is 0.856. The number of benzene rings is 1. The first-order chi connectivity index (χ1) is 12.4. The highest BCUT2D eigenvalue weighted by molar-refractivity contribution is 8.18. The Morgan fingerprint density at radius 1 is 1.38 bits per heavy atom. The summed E-state index contributed by atoms with van der Waals surface area (Å²) in [5.41, 5.74) is 0.487. The maximum Gasteiger partial charge on any atom is 0.293 e. The van der Waals surface area contributed by atoms with Crippen molar-refractivity contribution < 1.29 is 23.9 Å². The van der Waals surface area contributed by atoms with Crippen molar-refractivity contribution >= 4 is 46.7 Å². The molecular formula is C17H17FN2O4S2. The molecule has 1 aromatic carbocycles. The summed E-state index contributed by atoms with van der Waals surface area (Å²) in [7, 11) is 0. The molecule has 9 heteroatoms. The molecule has 0 saturated carbocycles. The van der Waals surface area contributed by atoms with Gasteiger partial charge >= 0.3 is 0 Å². The number of halogens is 1. The second kappa shape index (κ2) is 8.24. The molecule has 26 heavy (non-hydrogen) atoms. The number of nitrogens with zero attached hydrogens (tertiary/aromatic N) is 1. The summed E-state index contributed by atoms with van der Waals surface area (Å²) in [5.74, 6) is -0.0100. The van der Waals surface area contributed by atoms with Crippen LogP contribution in [0, 0.1) is 5.82 Å². The van der Waals surface area contributed by atoms with Crippen LogP contribution in [-0.2, 0) is 9.59 Å². The van der Waals surface area contributed by atoms with Crippen molar-refractivity contribution in [1.29, 1.82) is 0 Å². The number of hydrogen-bond acceptors (Lipinski definition) is 6. The van der Waals surface area contributed by atoms with Gasteiger partial charge in [0.15, 0.2) is 0 Å². The number of hydrogen-bond donors (Lipinski definition) is 2. The van der Waals surface area contributed by atoms with Crippen molar-refractivity contribution in [2.45, 2.75) is 18.6 Å². The molecule has 2 aliphatic rings. The van der Waals surface area contributed by atoms with Crippen LogP contribution in [-0.4, -0.2) is 57.3 Å². The Labute approximate surface area is 158 Å². The number of carbonyl (C=O) groups is 3. The Kier molecular flexibility index (Phi) is 6.00. The van der Waals surface area contributed by atoms with E-state index in [-0.39, 0.29) is 29.8 Å². The zero-order valence-corrected chi connectivity index (χ0v) is 15.3. The minimum absolute atomic E-state index is 0.0286. The molecule has 0 bridgehead atoms. The fraction of sp³-hybridized carbons (Fsp3) is 0.353. The van der Waals surface area contributed by atoms with Gasteiger partial charge in [-0.2, -0.15) is 11.8 Å². The maximum atomic E-state index is 13.2. The zero-order valence-electron chi connectivity index (χ0n) is 13.7. The summed E-state index contributed by atoms with van der Waals surface area (Å²) >= 11 is 2.33. The standard InChI is InChI=1S/C17H17FN2O4S2/c18-11-3-1-2-10(6-11)7-14-16(23)20(17(24)26-14)5-4-15(22)19-12-8-25-9-13(12)21/h1-3,6-7,12-13,21H,4-5,8-9H2,(H,19,22)/b14-7+/t12-,13+/m1/s1. The lowest BCUT2D eigenvalue weighted by molar-refractivity contribution is -0.124. The van der Waals surface area contributed by atoms with Gasteiger partial charge < -0.3 is 10.4 Å². The fourth-order valence-corrected chi connectivity index (χ4v) is 4.65. The van der Waals surface area contributed by atoms with Crippen LogP contribution in [0.15, 0.2) is 29.2 Å². The molecule has 0 spiro atoms. The van der Waals surface area contributed by atoms with Gasteiger partial charge in [-0.1, -0.05) is 12.1 Å². The average molecular weight is 396 g/mol. The van der Waals surface area contributed by atoms with Crippen LogP contribution < -0.4 is 5.32 Å². The van der Waals surface area contributed by atoms with Gasteiger partial charge in [-0.3, -0.25) is 19.3 Å². The topological polar surface area (TPSA) is 86.7 Å². The molecule has 2 aliphatic heterocycles. The van der Waals surface area contributed by atoms with Gasteiger partial charge in [0.1, 0.15) is 5.82 Å². The van der Waals surface area contributed by atoms with E-state index in [1.165, 1.54) is 24.3 Å². The van der Waals surface area contributed by atoms with Crippen molar-refractivity contribution in [2.75, 3.05) is 18.1 Å². The van der Waals surface area contributed by atoms with Crippen LogP contribution in [0.1, 0.15) is 12.0 Å². The Morgan fingerprint density at radius 3 is 2.88 bits per heavy atom. The van der Waals surface area contributed by atoms with Crippen LogP contribution >= 0.6 is 23.5 Å². The molecule has 2 saturated heterocycles. The van der Waals surface area contributed by atoms with Crippen molar-refractivity contribution in [3.05, 3.63) is 40.6 Å².